The van der Waals surface area contributed by atoms with Crippen LogP contribution in [0.4, 0.5) is 11.6 Å². The lowest BCUT2D eigenvalue weighted by molar-refractivity contribution is 0.0610. The predicted molar refractivity (Wildman–Crippen MR) is 166 cm³/mol. The van der Waals surface area contributed by atoms with E-state index in [0.29, 0.717) is 30.9 Å². The molecule has 0 spiro atoms. The molecular formula is C28H40Cl2N8O3S. The molecule has 1 aromatic carbocycles. The summed E-state index contributed by atoms with van der Waals surface area (Å²) in [5.74, 6) is 0.131. The van der Waals surface area contributed by atoms with Crippen molar-refractivity contribution in [3.05, 3.63) is 45.7 Å². The summed E-state index contributed by atoms with van der Waals surface area (Å²) in [4.78, 5) is 30.9. The van der Waals surface area contributed by atoms with Gasteiger partial charge in [0.15, 0.2) is 22.5 Å². The van der Waals surface area contributed by atoms with Gasteiger partial charge in [-0.25, -0.2) is 23.1 Å². The number of nitrogens with one attached hydrogen (secondary N) is 1. The first-order valence-electron chi connectivity index (χ1n) is 14.6. The van der Waals surface area contributed by atoms with Gasteiger partial charge in [0.1, 0.15) is 0 Å². The van der Waals surface area contributed by atoms with Crippen molar-refractivity contribution < 1.29 is 13.2 Å². The van der Waals surface area contributed by atoms with E-state index in [1.54, 1.807) is 0 Å². The van der Waals surface area contributed by atoms with Crippen LogP contribution in [0.1, 0.15) is 48.7 Å². The summed E-state index contributed by atoms with van der Waals surface area (Å²) in [6.45, 7) is 8.32. The van der Waals surface area contributed by atoms with E-state index in [0.717, 1.165) is 69.8 Å². The van der Waals surface area contributed by atoms with Crippen molar-refractivity contribution in [1.29, 1.82) is 0 Å². The van der Waals surface area contributed by atoms with Crippen molar-refractivity contribution in [3.63, 3.8) is 0 Å². The first-order chi connectivity index (χ1) is 20.0. The molecule has 3 aliphatic heterocycles. The molecule has 14 heteroatoms. The molecule has 1 amide bonds. The van der Waals surface area contributed by atoms with Gasteiger partial charge in [-0.1, -0.05) is 42.3 Å². The SMILES string of the molecule is CC[C@H]1CN(c2nc(N)c(C(=O)N3CC[C@H](NS(C)(=O)=O)C3)nc2Cl)CCN1C1CCN(Cc2ccc(Cl)cc2)CC1. The summed E-state index contributed by atoms with van der Waals surface area (Å²) in [5, 5.41) is 0.916. The van der Waals surface area contributed by atoms with E-state index in [2.05, 4.69) is 48.4 Å². The first-order valence-corrected chi connectivity index (χ1v) is 17.2. The second-order valence-corrected chi connectivity index (χ2v) is 14.2. The number of aromatic nitrogens is 2. The number of anilines is 2. The third-order valence-electron chi connectivity index (χ3n) is 8.57. The molecule has 0 saturated carbocycles. The summed E-state index contributed by atoms with van der Waals surface area (Å²) in [6.07, 6.45) is 4.88. The summed E-state index contributed by atoms with van der Waals surface area (Å²) < 4.78 is 25.7. The summed E-state index contributed by atoms with van der Waals surface area (Å²) in [6, 6.07) is 8.65. The zero-order valence-corrected chi connectivity index (χ0v) is 26.5. The van der Waals surface area contributed by atoms with Crippen LogP contribution >= 0.6 is 23.2 Å². The molecule has 1 aromatic heterocycles. The second-order valence-electron chi connectivity index (χ2n) is 11.6. The molecule has 3 N–H and O–H groups in total. The number of piperidine rings is 1. The summed E-state index contributed by atoms with van der Waals surface area (Å²) >= 11 is 12.6. The zero-order chi connectivity index (χ0) is 30.0. The average molecular weight is 640 g/mol. The van der Waals surface area contributed by atoms with Crippen molar-refractivity contribution in [3.8, 4) is 0 Å². The van der Waals surface area contributed by atoms with E-state index in [-0.39, 0.29) is 29.3 Å². The summed E-state index contributed by atoms with van der Waals surface area (Å²) in [7, 11) is -3.36. The maximum absolute atomic E-state index is 13.2. The number of hydrogen-bond acceptors (Lipinski definition) is 9. The molecule has 2 aromatic rings. The van der Waals surface area contributed by atoms with Crippen molar-refractivity contribution in [1.82, 2.24) is 29.4 Å². The molecule has 230 valence electrons. The van der Waals surface area contributed by atoms with Crippen LogP contribution in [-0.4, -0.2) is 109 Å². The highest BCUT2D eigenvalue weighted by molar-refractivity contribution is 7.88. The smallest absolute Gasteiger partial charge is 0.276 e. The van der Waals surface area contributed by atoms with Gasteiger partial charge in [0.25, 0.3) is 5.91 Å². The van der Waals surface area contributed by atoms with Crippen molar-refractivity contribution in [2.45, 2.75) is 57.3 Å². The number of nitrogens with zero attached hydrogens (tertiary/aromatic N) is 6. The number of hydrogen-bond donors (Lipinski definition) is 2. The third-order valence-corrected chi connectivity index (χ3v) is 9.83. The van der Waals surface area contributed by atoms with E-state index in [1.807, 2.05) is 12.1 Å². The maximum Gasteiger partial charge on any atom is 0.276 e. The minimum atomic E-state index is -3.36. The number of benzene rings is 1. The fraction of sp³-hybridized carbons (Fsp3) is 0.607. The lowest BCUT2D eigenvalue weighted by atomic mass is 9.98. The number of nitrogens with two attached hydrogens (primary N) is 1. The van der Waals surface area contributed by atoms with Gasteiger partial charge in [0, 0.05) is 62.4 Å². The molecular weight excluding hydrogens is 599 g/mol. The van der Waals surface area contributed by atoms with Crippen LogP contribution in [0.25, 0.3) is 0 Å². The second kappa shape index (κ2) is 13.2. The number of likely N-dealkylation sites (tertiary alicyclic amines) is 2. The van der Waals surface area contributed by atoms with Crippen LogP contribution in [-0.2, 0) is 16.6 Å². The van der Waals surface area contributed by atoms with Crippen LogP contribution in [0.5, 0.6) is 0 Å². The van der Waals surface area contributed by atoms with E-state index < -0.39 is 15.9 Å². The molecule has 0 unspecified atom stereocenters. The van der Waals surface area contributed by atoms with E-state index in [4.69, 9.17) is 28.9 Å². The largest absolute Gasteiger partial charge is 0.382 e. The number of rotatable bonds is 8. The number of halogens is 2. The van der Waals surface area contributed by atoms with Gasteiger partial charge in [-0.2, -0.15) is 0 Å². The molecule has 3 fully saturated rings. The van der Waals surface area contributed by atoms with Crippen LogP contribution < -0.4 is 15.4 Å². The Morgan fingerprint density at radius 3 is 2.40 bits per heavy atom. The van der Waals surface area contributed by atoms with Gasteiger partial charge in [0.2, 0.25) is 10.0 Å². The fourth-order valence-electron chi connectivity index (χ4n) is 6.43. The molecule has 3 aliphatic rings. The van der Waals surface area contributed by atoms with E-state index in [9.17, 15) is 13.2 Å². The topological polar surface area (TPSA) is 128 Å². The molecule has 0 bridgehead atoms. The molecule has 42 heavy (non-hydrogen) atoms. The van der Waals surface area contributed by atoms with E-state index in [1.165, 1.54) is 10.5 Å². The molecule has 4 heterocycles. The van der Waals surface area contributed by atoms with Gasteiger partial charge < -0.3 is 15.5 Å². The maximum atomic E-state index is 13.2. The average Bonchev–Trinajstić information content (AvgIpc) is 3.42. The highest BCUT2D eigenvalue weighted by Gasteiger charge is 2.35. The van der Waals surface area contributed by atoms with Crippen molar-refractivity contribution in [2.24, 2.45) is 0 Å². The Morgan fingerprint density at radius 1 is 1.02 bits per heavy atom. The lowest BCUT2D eigenvalue weighted by Gasteiger charge is -2.47. The minimum Gasteiger partial charge on any atom is -0.382 e. The Balaban J connectivity index is 1.18. The highest BCUT2D eigenvalue weighted by Crippen LogP contribution is 2.30. The van der Waals surface area contributed by atoms with Gasteiger partial charge in [-0.15, -0.1) is 0 Å². The van der Waals surface area contributed by atoms with Crippen molar-refractivity contribution >= 4 is 50.8 Å². The van der Waals surface area contributed by atoms with Crippen LogP contribution in [0, 0.1) is 0 Å². The molecule has 2 atom stereocenters. The standard InChI is InChI=1S/C28H40Cl2N8O3S/c1-3-22-18-36(14-15-38(22)23-9-11-35(12-10-23)16-19-4-6-20(29)7-5-19)27-25(30)32-24(26(31)33-27)28(39)37-13-8-21(17-37)34-42(2,40)41/h4-7,21-23,34H,3,8-18H2,1-2H3,(H2,31,33)/t21-,22-/m0/s1. The van der Waals surface area contributed by atoms with Crippen LogP contribution in [0.15, 0.2) is 24.3 Å². The molecule has 0 aliphatic carbocycles. The third kappa shape index (κ3) is 7.46. The fourth-order valence-corrected chi connectivity index (χ4v) is 7.60. The Bertz CT molecular complexity index is 1370. The molecule has 0 radical (unpaired) electrons. The predicted octanol–water partition coefficient (Wildman–Crippen LogP) is 2.69. The van der Waals surface area contributed by atoms with Crippen LogP contribution in [0.3, 0.4) is 0 Å². The van der Waals surface area contributed by atoms with Crippen molar-refractivity contribution in [2.75, 3.05) is 62.7 Å². The number of carbonyl (C=O) groups is 1. The Kier molecular flexibility index (Phi) is 9.80. The number of piperazine rings is 1. The highest BCUT2D eigenvalue weighted by atomic mass is 35.5. The molecule has 11 nitrogen and oxygen atoms in total. The summed E-state index contributed by atoms with van der Waals surface area (Å²) in [5.41, 5.74) is 7.54. The molecule has 5 rings (SSSR count). The number of sulfonamides is 1. The van der Waals surface area contributed by atoms with Gasteiger partial charge in [0.05, 0.1) is 6.26 Å². The number of carbonyl (C=O) groups excluding carboxylic acids is 1. The van der Waals surface area contributed by atoms with Crippen LogP contribution in [0.2, 0.25) is 10.2 Å². The van der Waals surface area contributed by atoms with E-state index >= 15 is 0 Å². The first kappa shape index (κ1) is 31.2. The van der Waals surface area contributed by atoms with Gasteiger partial charge >= 0.3 is 0 Å². The number of nitrogen functional groups attached to an aromatic ring is 1. The Morgan fingerprint density at radius 2 is 1.74 bits per heavy atom. The number of amides is 1. The quantitative estimate of drug-likeness (QED) is 0.448. The Labute approximate surface area is 258 Å². The van der Waals surface area contributed by atoms with Gasteiger partial charge in [-0.3, -0.25) is 14.6 Å². The monoisotopic (exact) mass is 638 g/mol. The minimum absolute atomic E-state index is 0.000192. The lowest BCUT2D eigenvalue weighted by Crippen LogP contribution is -2.58. The zero-order valence-electron chi connectivity index (χ0n) is 24.2. The van der Waals surface area contributed by atoms with Gasteiger partial charge in [-0.05, 0) is 56.5 Å². The normalized spacial score (nSPS) is 23.0. The Hall–Kier alpha value is -2.22. The molecule has 3 saturated heterocycles.